The van der Waals surface area contributed by atoms with Gasteiger partial charge in [0, 0.05) is 0 Å². The average Bonchev–Trinajstić information content (AvgIpc) is 1.79. The van der Waals surface area contributed by atoms with Crippen LogP contribution in [0.2, 0.25) is 0 Å². The third-order valence-corrected chi connectivity index (χ3v) is 0.655. The van der Waals surface area contributed by atoms with Crippen molar-refractivity contribution in [2.45, 2.75) is 19.3 Å². The number of hydrogen-bond donors (Lipinski definition) is 0. The van der Waals surface area contributed by atoms with E-state index in [1.54, 1.807) is 6.92 Å². The van der Waals surface area contributed by atoms with Gasteiger partial charge in [-0.3, -0.25) is 0 Å². The number of hydrogen-bond acceptors (Lipinski definition) is 1. The Labute approximate surface area is 30.4 Å². The van der Waals surface area contributed by atoms with Crippen molar-refractivity contribution < 1.29 is 9.84 Å². The lowest BCUT2D eigenvalue weighted by Crippen LogP contribution is -1.77. The van der Waals surface area contributed by atoms with Crippen molar-refractivity contribution in [3.63, 3.8) is 0 Å². The molecule has 2 unspecified atom stereocenters. The highest BCUT2D eigenvalue weighted by Crippen LogP contribution is 2.16. The zero-order chi connectivity index (χ0) is 3.86. The van der Waals surface area contributed by atoms with E-state index in [1.165, 1.54) is 0 Å². The molecule has 2 atom stereocenters. The standard InChI is InChI=1S/C3H5O2/c1-2-3(4)5-2/h2-3H,1H3. The second-order valence-electron chi connectivity index (χ2n) is 1.21. The van der Waals surface area contributed by atoms with E-state index in [1.807, 2.05) is 0 Å². The Hall–Kier alpha value is -0.0800. The van der Waals surface area contributed by atoms with Gasteiger partial charge >= 0.3 is 0 Å². The molecule has 1 radical (unpaired) electrons. The molecule has 2 nitrogen and oxygen atoms in total. The van der Waals surface area contributed by atoms with Crippen LogP contribution in [-0.2, 0) is 9.84 Å². The number of rotatable bonds is 0. The van der Waals surface area contributed by atoms with Gasteiger partial charge in [0.1, 0.15) is 6.10 Å². The first kappa shape index (κ1) is 3.12. The summed E-state index contributed by atoms with van der Waals surface area (Å²) in [6, 6.07) is 0. The molecule has 1 aliphatic heterocycles. The summed E-state index contributed by atoms with van der Waals surface area (Å²) in [5.41, 5.74) is 0. The maximum Gasteiger partial charge on any atom is 0.218 e. The van der Waals surface area contributed by atoms with Gasteiger partial charge in [-0.2, -0.15) is 5.11 Å². The number of ether oxygens (including phenoxy) is 1. The molecule has 0 aromatic rings. The van der Waals surface area contributed by atoms with E-state index in [-0.39, 0.29) is 6.10 Å². The molecule has 1 fully saturated rings. The quantitative estimate of drug-likeness (QED) is 0.376. The molecule has 2 heteroatoms. The summed E-state index contributed by atoms with van der Waals surface area (Å²) in [4.78, 5) is 0. The van der Waals surface area contributed by atoms with Crippen molar-refractivity contribution >= 4 is 0 Å². The van der Waals surface area contributed by atoms with Gasteiger partial charge < -0.3 is 4.74 Å². The predicted molar refractivity (Wildman–Crippen MR) is 15.0 cm³/mol. The highest BCUT2D eigenvalue weighted by molar-refractivity contribution is 4.66. The van der Waals surface area contributed by atoms with Gasteiger partial charge in [0.25, 0.3) is 0 Å². The van der Waals surface area contributed by atoms with Crippen LogP contribution in [0.15, 0.2) is 0 Å². The summed E-state index contributed by atoms with van der Waals surface area (Å²) in [5.74, 6) is 0. The van der Waals surface area contributed by atoms with Crippen molar-refractivity contribution in [3.05, 3.63) is 0 Å². The summed E-state index contributed by atoms with van der Waals surface area (Å²) in [5, 5.41) is 9.75. The molecule has 0 saturated carbocycles. The lowest BCUT2D eigenvalue weighted by atomic mass is 10.5. The first-order valence-corrected chi connectivity index (χ1v) is 1.62. The second-order valence-corrected chi connectivity index (χ2v) is 1.21. The SMILES string of the molecule is CC1OC1[O]. The zero-order valence-electron chi connectivity index (χ0n) is 2.97. The normalized spacial score (nSPS) is 49.2. The van der Waals surface area contributed by atoms with Gasteiger partial charge in [-0.05, 0) is 6.92 Å². The van der Waals surface area contributed by atoms with Crippen LogP contribution in [0.3, 0.4) is 0 Å². The predicted octanol–water partition coefficient (Wildman–Crippen LogP) is 0.162. The average molecular weight is 73.1 g/mol. The van der Waals surface area contributed by atoms with Gasteiger partial charge in [-0.1, -0.05) is 0 Å². The number of epoxide rings is 1. The van der Waals surface area contributed by atoms with Gasteiger partial charge in [-0.25, -0.2) is 0 Å². The summed E-state index contributed by atoms with van der Waals surface area (Å²) in [7, 11) is 0. The molecule has 1 heterocycles. The van der Waals surface area contributed by atoms with Gasteiger partial charge in [0.05, 0.1) is 0 Å². The molecule has 1 aliphatic rings. The van der Waals surface area contributed by atoms with Crippen LogP contribution in [0.4, 0.5) is 0 Å². The fourth-order valence-corrected chi connectivity index (χ4v) is 0.166. The van der Waals surface area contributed by atoms with Crippen LogP contribution >= 0.6 is 0 Å². The molecule has 0 spiro atoms. The Morgan fingerprint density at radius 2 is 2.00 bits per heavy atom. The molecule has 0 N–H and O–H groups in total. The summed E-state index contributed by atoms with van der Waals surface area (Å²) in [6.07, 6.45) is -0.704. The van der Waals surface area contributed by atoms with E-state index in [0.29, 0.717) is 0 Å². The smallest absolute Gasteiger partial charge is 0.218 e. The summed E-state index contributed by atoms with van der Waals surface area (Å²) < 4.78 is 4.36. The Bertz CT molecular complexity index is 38.2. The van der Waals surface area contributed by atoms with Crippen molar-refractivity contribution in [1.82, 2.24) is 0 Å². The topological polar surface area (TPSA) is 32.4 Å². The third kappa shape index (κ3) is 0.412. The third-order valence-electron chi connectivity index (χ3n) is 0.655. The van der Waals surface area contributed by atoms with Crippen molar-refractivity contribution in [1.29, 1.82) is 0 Å². The highest BCUT2D eigenvalue weighted by Gasteiger charge is 2.33. The largest absolute Gasteiger partial charge is 0.339 e. The minimum Gasteiger partial charge on any atom is -0.339 e. The Morgan fingerprint density at radius 3 is 2.00 bits per heavy atom. The molecule has 0 aromatic heterocycles. The highest BCUT2D eigenvalue weighted by atomic mass is 16.7. The molecule has 1 rings (SSSR count). The minimum atomic E-state index is -0.699. The van der Waals surface area contributed by atoms with Crippen LogP contribution in [0, 0.1) is 0 Å². The molecule has 0 amide bonds. The fourth-order valence-electron chi connectivity index (χ4n) is 0.166. The summed E-state index contributed by atoms with van der Waals surface area (Å²) >= 11 is 0. The maximum atomic E-state index is 9.75. The fraction of sp³-hybridized carbons (Fsp3) is 1.00. The van der Waals surface area contributed by atoms with Crippen LogP contribution in [0.25, 0.3) is 0 Å². The summed E-state index contributed by atoms with van der Waals surface area (Å²) in [6.45, 7) is 1.76. The first-order chi connectivity index (χ1) is 2.30. The molecule has 5 heavy (non-hydrogen) atoms. The monoisotopic (exact) mass is 73.0 g/mol. The molecule has 29 valence electrons. The Balaban J connectivity index is 2.20. The lowest BCUT2D eigenvalue weighted by molar-refractivity contribution is 0.0822. The van der Waals surface area contributed by atoms with Gasteiger partial charge in [-0.15, -0.1) is 0 Å². The van der Waals surface area contributed by atoms with E-state index in [4.69, 9.17) is 0 Å². The van der Waals surface area contributed by atoms with Crippen LogP contribution in [0.1, 0.15) is 6.92 Å². The zero-order valence-corrected chi connectivity index (χ0v) is 2.97. The lowest BCUT2D eigenvalue weighted by Gasteiger charge is -1.54. The van der Waals surface area contributed by atoms with Crippen molar-refractivity contribution in [3.8, 4) is 0 Å². The van der Waals surface area contributed by atoms with E-state index in [2.05, 4.69) is 4.74 Å². The molecule has 1 saturated heterocycles. The van der Waals surface area contributed by atoms with Gasteiger partial charge in [0.15, 0.2) is 0 Å². The Morgan fingerprint density at radius 1 is 1.80 bits per heavy atom. The second kappa shape index (κ2) is 0.698. The van der Waals surface area contributed by atoms with Crippen molar-refractivity contribution in [2.24, 2.45) is 0 Å². The minimum absolute atomic E-state index is 0.00463. The Kier molecular flexibility index (Phi) is 0.436. The van der Waals surface area contributed by atoms with Crippen LogP contribution in [0.5, 0.6) is 0 Å². The molecule has 0 aromatic carbocycles. The van der Waals surface area contributed by atoms with E-state index < -0.39 is 6.29 Å². The van der Waals surface area contributed by atoms with Crippen molar-refractivity contribution in [2.75, 3.05) is 0 Å². The molecule has 0 bridgehead atoms. The molecule has 0 aliphatic carbocycles. The van der Waals surface area contributed by atoms with E-state index >= 15 is 0 Å². The van der Waals surface area contributed by atoms with Gasteiger partial charge in [0.2, 0.25) is 6.29 Å². The van der Waals surface area contributed by atoms with Crippen LogP contribution < -0.4 is 0 Å². The molecular weight excluding hydrogens is 68.0 g/mol. The first-order valence-electron chi connectivity index (χ1n) is 1.62. The molecular formula is C3H5O2. The van der Waals surface area contributed by atoms with E-state index in [9.17, 15) is 5.11 Å². The van der Waals surface area contributed by atoms with Crippen LogP contribution in [-0.4, -0.2) is 12.4 Å². The van der Waals surface area contributed by atoms with E-state index in [0.717, 1.165) is 0 Å². The maximum absolute atomic E-state index is 9.75.